The summed E-state index contributed by atoms with van der Waals surface area (Å²) in [6.07, 6.45) is 6.94. The summed E-state index contributed by atoms with van der Waals surface area (Å²) in [7, 11) is 0. The van der Waals surface area contributed by atoms with Crippen LogP contribution in [0.2, 0.25) is 0 Å². The highest BCUT2D eigenvalue weighted by atomic mass is 19.1. The molecule has 0 atom stereocenters. The smallest absolute Gasteiger partial charge is 0.227 e. The largest absolute Gasteiger partial charge is 0.361 e. The molecule has 1 amide bonds. The second-order valence-corrected chi connectivity index (χ2v) is 10.8. The Kier molecular flexibility index (Phi) is 4.88. The standard InChI is InChI=1S/C28H32FN3O/c1-28(2)16-26(33)32-12-8-20-13-18(14-24(28)27(20)32)5-9-31-10-6-19(7-11-31)23-17-30-25-4-3-21(29)15-22(23)25/h3-4,13-15,17,19,30H,5-12,16H2,1-2H3. The van der Waals surface area contributed by atoms with Gasteiger partial charge in [-0.25, -0.2) is 4.39 Å². The molecule has 0 bridgehead atoms. The summed E-state index contributed by atoms with van der Waals surface area (Å²) in [5.41, 5.74) is 7.53. The van der Waals surface area contributed by atoms with E-state index in [1.807, 2.05) is 11.0 Å². The van der Waals surface area contributed by atoms with Gasteiger partial charge in [0.15, 0.2) is 0 Å². The molecule has 4 nitrogen and oxygen atoms in total. The maximum atomic E-state index is 13.8. The SMILES string of the molecule is CC1(C)CC(=O)N2CCc3cc(CCN4CCC(c5c[nH]c6ccc(F)cc56)CC4)cc1c32. The number of likely N-dealkylation sites (tertiary alicyclic amines) is 1. The zero-order chi connectivity index (χ0) is 22.7. The van der Waals surface area contributed by atoms with Gasteiger partial charge < -0.3 is 14.8 Å². The molecule has 5 heteroatoms. The summed E-state index contributed by atoms with van der Waals surface area (Å²) in [6.45, 7) is 8.49. The van der Waals surface area contributed by atoms with Gasteiger partial charge in [0.2, 0.25) is 5.91 Å². The Morgan fingerprint density at radius 3 is 2.76 bits per heavy atom. The molecule has 33 heavy (non-hydrogen) atoms. The molecule has 3 aliphatic heterocycles. The Morgan fingerprint density at radius 1 is 1.12 bits per heavy atom. The molecular formula is C28H32FN3O. The van der Waals surface area contributed by atoms with Gasteiger partial charge in [-0.2, -0.15) is 0 Å². The first kappa shape index (κ1) is 20.9. The van der Waals surface area contributed by atoms with Crippen LogP contribution in [0, 0.1) is 5.82 Å². The third-order valence-corrected chi connectivity index (χ3v) is 8.17. The number of anilines is 1. The van der Waals surface area contributed by atoms with Gasteiger partial charge >= 0.3 is 0 Å². The third-order valence-electron chi connectivity index (χ3n) is 8.17. The molecule has 6 rings (SSSR count). The fourth-order valence-electron chi connectivity index (χ4n) is 6.30. The summed E-state index contributed by atoms with van der Waals surface area (Å²) < 4.78 is 13.8. The van der Waals surface area contributed by atoms with Crippen molar-refractivity contribution in [2.75, 3.05) is 31.1 Å². The van der Waals surface area contributed by atoms with Crippen molar-refractivity contribution in [2.45, 2.75) is 57.3 Å². The summed E-state index contributed by atoms with van der Waals surface area (Å²) in [6, 6.07) is 9.75. The number of amides is 1. The number of nitrogens with zero attached hydrogens (tertiary/aromatic N) is 2. The number of aromatic nitrogens is 1. The number of carbonyl (C=O) groups is 1. The number of halogens is 1. The van der Waals surface area contributed by atoms with Crippen LogP contribution in [0.1, 0.15) is 61.3 Å². The van der Waals surface area contributed by atoms with Gasteiger partial charge in [0.1, 0.15) is 5.82 Å². The number of H-pyrrole nitrogens is 1. The first-order valence-corrected chi connectivity index (χ1v) is 12.3. The number of nitrogens with one attached hydrogen (secondary N) is 1. The number of carbonyl (C=O) groups excluding carboxylic acids is 1. The molecule has 1 N–H and O–H groups in total. The van der Waals surface area contributed by atoms with E-state index in [-0.39, 0.29) is 17.1 Å². The molecule has 0 spiro atoms. The monoisotopic (exact) mass is 445 g/mol. The lowest BCUT2D eigenvalue weighted by molar-refractivity contribution is -0.120. The van der Waals surface area contributed by atoms with Crippen LogP contribution < -0.4 is 4.90 Å². The highest BCUT2D eigenvalue weighted by Gasteiger charge is 2.40. The lowest BCUT2D eigenvalue weighted by Gasteiger charge is -2.37. The Labute approximate surface area is 194 Å². The molecule has 0 saturated carbocycles. The van der Waals surface area contributed by atoms with Crippen LogP contribution in [0.15, 0.2) is 36.5 Å². The quantitative estimate of drug-likeness (QED) is 0.592. The van der Waals surface area contributed by atoms with Crippen LogP contribution in [0.25, 0.3) is 10.9 Å². The second-order valence-electron chi connectivity index (χ2n) is 10.8. The van der Waals surface area contributed by atoms with Gasteiger partial charge in [0.25, 0.3) is 0 Å². The predicted molar refractivity (Wildman–Crippen MR) is 131 cm³/mol. The first-order valence-electron chi connectivity index (χ1n) is 12.3. The fourth-order valence-corrected chi connectivity index (χ4v) is 6.30. The number of hydrogen-bond acceptors (Lipinski definition) is 2. The van der Waals surface area contributed by atoms with Gasteiger partial charge in [-0.3, -0.25) is 4.79 Å². The zero-order valence-corrected chi connectivity index (χ0v) is 19.6. The van der Waals surface area contributed by atoms with Gasteiger partial charge in [-0.15, -0.1) is 0 Å². The lowest BCUT2D eigenvalue weighted by Crippen LogP contribution is -2.40. The first-order chi connectivity index (χ1) is 15.9. The van der Waals surface area contributed by atoms with Gasteiger partial charge in [-0.05, 0) is 85.1 Å². The highest BCUT2D eigenvalue weighted by molar-refractivity contribution is 6.00. The van der Waals surface area contributed by atoms with E-state index in [4.69, 9.17) is 0 Å². The summed E-state index contributed by atoms with van der Waals surface area (Å²) in [5, 5.41) is 1.04. The molecule has 0 aliphatic carbocycles. The number of rotatable bonds is 4. The number of piperidine rings is 1. The molecule has 1 aromatic heterocycles. The molecule has 3 aromatic rings. The van der Waals surface area contributed by atoms with Gasteiger partial charge in [-0.1, -0.05) is 26.0 Å². The van der Waals surface area contributed by atoms with Crippen LogP contribution in [0.4, 0.5) is 10.1 Å². The molecule has 0 unspecified atom stereocenters. The van der Waals surface area contributed by atoms with Crippen LogP contribution in [-0.2, 0) is 23.1 Å². The molecule has 2 aromatic carbocycles. The van der Waals surface area contributed by atoms with Crippen molar-refractivity contribution in [1.82, 2.24) is 9.88 Å². The van der Waals surface area contributed by atoms with Crippen molar-refractivity contribution in [2.24, 2.45) is 0 Å². The maximum absolute atomic E-state index is 13.8. The van der Waals surface area contributed by atoms with E-state index in [9.17, 15) is 9.18 Å². The molecule has 1 saturated heterocycles. The Morgan fingerprint density at radius 2 is 1.94 bits per heavy atom. The fraction of sp³-hybridized carbons (Fsp3) is 0.464. The Hall–Kier alpha value is -2.66. The zero-order valence-electron chi connectivity index (χ0n) is 19.6. The topological polar surface area (TPSA) is 39.3 Å². The molecule has 172 valence electrons. The van der Waals surface area contributed by atoms with E-state index >= 15 is 0 Å². The molecule has 3 aliphatic rings. The molecular weight excluding hydrogens is 413 g/mol. The van der Waals surface area contributed by atoms with Crippen molar-refractivity contribution in [1.29, 1.82) is 0 Å². The third kappa shape index (κ3) is 3.57. The van der Waals surface area contributed by atoms with Crippen molar-refractivity contribution >= 4 is 22.5 Å². The lowest BCUT2D eigenvalue weighted by atomic mass is 9.76. The minimum Gasteiger partial charge on any atom is -0.361 e. The van der Waals surface area contributed by atoms with E-state index in [0.717, 1.165) is 62.8 Å². The van der Waals surface area contributed by atoms with Crippen LogP contribution in [0.5, 0.6) is 0 Å². The van der Waals surface area contributed by atoms with Crippen LogP contribution in [0.3, 0.4) is 0 Å². The predicted octanol–water partition coefficient (Wildman–Crippen LogP) is 5.30. The van der Waals surface area contributed by atoms with Gasteiger partial charge in [0, 0.05) is 42.0 Å². The average molecular weight is 446 g/mol. The van der Waals surface area contributed by atoms with Crippen molar-refractivity contribution in [3.8, 4) is 0 Å². The van der Waals surface area contributed by atoms with Crippen LogP contribution >= 0.6 is 0 Å². The summed E-state index contributed by atoms with van der Waals surface area (Å²) >= 11 is 0. The minimum atomic E-state index is -0.162. The van der Waals surface area contributed by atoms with Crippen molar-refractivity contribution in [3.63, 3.8) is 0 Å². The second kappa shape index (κ2) is 7.69. The van der Waals surface area contributed by atoms with Crippen molar-refractivity contribution < 1.29 is 9.18 Å². The Bertz CT molecular complexity index is 1240. The number of benzene rings is 2. The Balaban J connectivity index is 1.13. The molecule has 0 radical (unpaired) electrons. The summed E-state index contributed by atoms with van der Waals surface area (Å²) in [4.78, 5) is 20.5. The van der Waals surface area contributed by atoms with E-state index < -0.39 is 0 Å². The highest BCUT2D eigenvalue weighted by Crippen LogP contribution is 2.45. The van der Waals surface area contributed by atoms with Crippen LogP contribution in [-0.4, -0.2) is 42.0 Å². The maximum Gasteiger partial charge on any atom is 0.227 e. The van der Waals surface area contributed by atoms with Crippen molar-refractivity contribution in [3.05, 3.63) is 64.6 Å². The normalized spacial score (nSPS) is 20.6. The van der Waals surface area contributed by atoms with Gasteiger partial charge in [0.05, 0.1) is 5.69 Å². The van der Waals surface area contributed by atoms with E-state index in [1.165, 1.54) is 34.0 Å². The number of fused-ring (bicyclic) bond motifs is 1. The number of hydrogen-bond donors (Lipinski definition) is 1. The number of aromatic amines is 1. The van der Waals surface area contributed by atoms with E-state index in [0.29, 0.717) is 12.3 Å². The van der Waals surface area contributed by atoms with E-state index in [1.54, 1.807) is 6.07 Å². The average Bonchev–Trinajstić information content (AvgIpc) is 3.40. The van der Waals surface area contributed by atoms with E-state index in [2.05, 4.69) is 42.1 Å². The molecule has 1 fully saturated rings. The summed E-state index contributed by atoms with van der Waals surface area (Å²) in [5.74, 6) is 0.607. The molecule has 4 heterocycles. The minimum absolute atomic E-state index is 0.0881.